The van der Waals surface area contributed by atoms with Gasteiger partial charge in [0.05, 0.1) is 24.7 Å². The number of aromatic hydroxyl groups is 1. The minimum absolute atomic E-state index is 0.0808. The van der Waals surface area contributed by atoms with E-state index in [2.05, 4.69) is 0 Å². The number of carbonyl (C=O) groups is 3. The van der Waals surface area contributed by atoms with E-state index in [0.717, 1.165) is 6.26 Å². The van der Waals surface area contributed by atoms with E-state index in [1.54, 1.807) is 43.0 Å². The van der Waals surface area contributed by atoms with Crippen molar-refractivity contribution >= 4 is 27.7 Å². The van der Waals surface area contributed by atoms with Crippen LogP contribution in [0.4, 0.5) is 4.39 Å². The predicted molar refractivity (Wildman–Crippen MR) is 163 cm³/mol. The number of esters is 1. The molecule has 0 spiro atoms. The van der Waals surface area contributed by atoms with Crippen LogP contribution in [0.25, 0.3) is 0 Å². The van der Waals surface area contributed by atoms with Crippen molar-refractivity contribution in [1.29, 1.82) is 0 Å². The third-order valence-electron chi connectivity index (χ3n) is 8.88. The fourth-order valence-electron chi connectivity index (χ4n) is 6.40. The van der Waals surface area contributed by atoms with Crippen molar-refractivity contribution in [3.63, 3.8) is 0 Å². The van der Waals surface area contributed by atoms with Gasteiger partial charge in [0.1, 0.15) is 11.6 Å². The molecule has 0 radical (unpaired) electrons. The highest BCUT2D eigenvalue weighted by Crippen LogP contribution is 2.42. The summed E-state index contributed by atoms with van der Waals surface area (Å²) in [5.74, 6) is -4.21. The fourth-order valence-corrected chi connectivity index (χ4v) is 6.82. The van der Waals surface area contributed by atoms with Gasteiger partial charge in [-0.05, 0) is 56.0 Å². The molecule has 4 atom stereocenters. The van der Waals surface area contributed by atoms with Crippen LogP contribution in [0.1, 0.15) is 47.2 Å². The molecule has 12 heteroatoms. The summed E-state index contributed by atoms with van der Waals surface area (Å²) in [4.78, 5) is 44.8. The molecule has 1 unspecified atom stereocenters. The molecule has 1 amide bonds. The molecule has 0 aromatic heterocycles. The number of hydrogen-bond acceptors (Lipinski definition) is 8. The van der Waals surface area contributed by atoms with Crippen molar-refractivity contribution in [3.05, 3.63) is 65.0 Å². The number of phenolic OH excluding ortho intramolecular Hbond substituents is 1. The Hall–Kier alpha value is -3.35. The number of likely N-dealkylation sites (tertiary alicyclic amines) is 2. The van der Waals surface area contributed by atoms with Crippen molar-refractivity contribution in [2.24, 2.45) is 17.8 Å². The van der Waals surface area contributed by atoms with E-state index in [1.807, 2.05) is 4.90 Å². The summed E-state index contributed by atoms with van der Waals surface area (Å²) < 4.78 is 45.7. The zero-order valence-electron chi connectivity index (χ0n) is 25.7. The third kappa shape index (κ3) is 7.65. The SMILES string of the molecule is CCOC(=O)C1CCCN(C(=O)[C@@H]2CN(CCN(C)S(C)(=O)=O)C[C@H](C(=O)c3cccc(O)c3)[C@H]2c2cccc(F)c2C)C1. The van der Waals surface area contributed by atoms with Crippen LogP contribution < -0.4 is 0 Å². The van der Waals surface area contributed by atoms with Gasteiger partial charge in [0.2, 0.25) is 15.9 Å². The third-order valence-corrected chi connectivity index (χ3v) is 10.2. The van der Waals surface area contributed by atoms with Gasteiger partial charge in [-0.15, -0.1) is 0 Å². The number of piperidine rings is 2. The lowest BCUT2D eigenvalue weighted by molar-refractivity contribution is -0.152. The van der Waals surface area contributed by atoms with E-state index < -0.39 is 39.5 Å². The lowest BCUT2D eigenvalue weighted by Gasteiger charge is -2.45. The Kier molecular flexibility index (Phi) is 10.8. The number of carbonyl (C=O) groups excluding carboxylic acids is 3. The predicted octanol–water partition coefficient (Wildman–Crippen LogP) is 3.05. The maximum absolute atomic E-state index is 15.0. The van der Waals surface area contributed by atoms with Crippen molar-refractivity contribution in [3.8, 4) is 5.75 Å². The number of ether oxygens (including phenoxy) is 1. The van der Waals surface area contributed by atoms with Crippen molar-refractivity contribution in [2.75, 3.05) is 59.2 Å². The van der Waals surface area contributed by atoms with Crippen LogP contribution in [0.15, 0.2) is 42.5 Å². The van der Waals surface area contributed by atoms with Crippen molar-refractivity contribution < 1.29 is 37.0 Å². The largest absolute Gasteiger partial charge is 0.508 e. The number of hydrogen-bond donors (Lipinski definition) is 1. The van der Waals surface area contributed by atoms with Crippen LogP contribution in [0, 0.1) is 30.5 Å². The number of phenols is 1. The van der Waals surface area contributed by atoms with Gasteiger partial charge in [-0.25, -0.2) is 17.1 Å². The first kappa shape index (κ1) is 33.5. The molecule has 10 nitrogen and oxygen atoms in total. The highest BCUT2D eigenvalue weighted by Gasteiger charge is 2.47. The van der Waals surface area contributed by atoms with Gasteiger partial charge in [-0.3, -0.25) is 14.4 Å². The summed E-state index contributed by atoms with van der Waals surface area (Å²) in [6.45, 7) is 5.03. The molecule has 44 heavy (non-hydrogen) atoms. The summed E-state index contributed by atoms with van der Waals surface area (Å²) in [6, 6.07) is 10.7. The molecular formula is C32H42FN3O7S. The molecule has 2 aromatic rings. The number of likely N-dealkylation sites (N-methyl/N-ethyl adjacent to an activating group) is 1. The number of amides is 1. The second kappa shape index (κ2) is 14.2. The zero-order valence-corrected chi connectivity index (χ0v) is 26.6. The smallest absolute Gasteiger partial charge is 0.310 e. The molecule has 2 saturated heterocycles. The van der Waals surface area contributed by atoms with Crippen LogP contribution in [0.2, 0.25) is 0 Å². The average Bonchev–Trinajstić information content (AvgIpc) is 2.99. The van der Waals surface area contributed by atoms with Crippen molar-refractivity contribution in [2.45, 2.75) is 32.6 Å². The van der Waals surface area contributed by atoms with Crippen LogP contribution in [0.5, 0.6) is 5.75 Å². The Morgan fingerprint density at radius 2 is 1.80 bits per heavy atom. The topological polar surface area (TPSA) is 125 Å². The molecule has 2 fully saturated rings. The second-order valence-electron chi connectivity index (χ2n) is 11.8. The average molecular weight is 632 g/mol. The standard InChI is InChI=1S/C32H42FN3O7S/c1-5-43-32(40)23-10-8-14-36(18-23)31(39)27-20-35(16-15-34(3)44(4,41)42)19-26(30(38)22-9-6-11-24(37)17-22)29(27)25-12-7-13-28(33)21(25)2/h6-7,9,11-13,17,23,26-27,29,37H,5,8,10,14-16,18-20H2,1-4H3/t23?,26-,27+,29+/m0/s1. The van der Waals surface area contributed by atoms with E-state index >= 15 is 0 Å². The molecule has 240 valence electrons. The molecule has 0 bridgehead atoms. The lowest BCUT2D eigenvalue weighted by atomic mass is 9.69. The van der Waals surface area contributed by atoms with Gasteiger partial charge in [0.15, 0.2) is 5.78 Å². The van der Waals surface area contributed by atoms with Crippen molar-refractivity contribution in [1.82, 2.24) is 14.1 Å². The van der Waals surface area contributed by atoms with Gasteiger partial charge in [0.25, 0.3) is 0 Å². The molecule has 2 aliphatic heterocycles. The Bertz CT molecular complexity index is 1480. The second-order valence-corrected chi connectivity index (χ2v) is 13.9. The maximum Gasteiger partial charge on any atom is 0.310 e. The van der Waals surface area contributed by atoms with Crippen LogP contribution in [0.3, 0.4) is 0 Å². The monoisotopic (exact) mass is 631 g/mol. The number of nitrogens with zero attached hydrogens (tertiary/aromatic N) is 3. The van der Waals surface area contributed by atoms with E-state index in [-0.39, 0.29) is 68.3 Å². The first-order valence-electron chi connectivity index (χ1n) is 15.0. The number of benzene rings is 2. The van der Waals surface area contributed by atoms with Gasteiger partial charge < -0.3 is 19.6 Å². The van der Waals surface area contributed by atoms with E-state index in [1.165, 1.54) is 29.6 Å². The van der Waals surface area contributed by atoms with E-state index in [9.17, 15) is 32.3 Å². The number of sulfonamides is 1. The summed E-state index contributed by atoms with van der Waals surface area (Å²) >= 11 is 0. The highest BCUT2D eigenvalue weighted by molar-refractivity contribution is 7.88. The molecule has 4 rings (SSSR count). The molecule has 2 aliphatic rings. The molecule has 1 N–H and O–H groups in total. The normalized spacial score (nSPS) is 23.0. The fraction of sp³-hybridized carbons (Fsp3) is 0.531. The van der Waals surface area contributed by atoms with E-state index in [4.69, 9.17) is 4.74 Å². The van der Waals surface area contributed by atoms with E-state index in [0.29, 0.717) is 30.5 Å². The first-order chi connectivity index (χ1) is 20.8. The van der Waals surface area contributed by atoms with Crippen LogP contribution in [-0.4, -0.2) is 104 Å². The summed E-state index contributed by atoms with van der Waals surface area (Å²) in [7, 11) is -1.99. The summed E-state index contributed by atoms with van der Waals surface area (Å²) in [5.41, 5.74) is 1.15. The Balaban J connectivity index is 1.77. The summed E-state index contributed by atoms with van der Waals surface area (Å²) in [5, 5.41) is 10.1. The Morgan fingerprint density at radius 3 is 2.48 bits per heavy atom. The van der Waals surface area contributed by atoms with Gasteiger partial charge in [0, 0.05) is 63.7 Å². The minimum atomic E-state index is -3.46. The highest BCUT2D eigenvalue weighted by atomic mass is 32.2. The lowest BCUT2D eigenvalue weighted by Crippen LogP contribution is -2.56. The molecular weight excluding hydrogens is 589 g/mol. The molecule has 0 saturated carbocycles. The summed E-state index contributed by atoms with van der Waals surface area (Å²) in [6.07, 6.45) is 2.32. The Morgan fingerprint density at radius 1 is 1.09 bits per heavy atom. The van der Waals surface area contributed by atoms with Gasteiger partial charge in [-0.1, -0.05) is 24.3 Å². The van der Waals surface area contributed by atoms with Gasteiger partial charge in [-0.2, -0.15) is 0 Å². The van der Waals surface area contributed by atoms with Crippen LogP contribution in [-0.2, 0) is 24.3 Å². The first-order valence-corrected chi connectivity index (χ1v) is 16.8. The quantitative estimate of drug-likeness (QED) is 0.314. The minimum Gasteiger partial charge on any atom is -0.508 e. The molecule has 2 aromatic carbocycles. The molecule has 2 heterocycles. The number of ketones is 1. The Labute approximate surface area is 258 Å². The maximum atomic E-state index is 15.0. The van der Waals surface area contributed by atoms with Crippen LogP contribution >= 0.6 is 0 Å². The number of rotatable bonds is 10. The zero-order chi connectivity index (χ0) is 32.2. The number of halogens is 1. The number of Topliss-reactive ketones (excluding diaryl/α,β-unsaturated/α-hetero) is 1. The molecule has 0 aliphatic carbocycles. The van der Waals surface area contributed by atoms with Gasteiger partial charge >= 0.3 is 5.97 Å².